The van der Waals surface area contributed by atoms with E-state index >= 15 is 0 Å². The summed E-state index contributed by atoms with van der Waals surface area (Å²) in [5.74, 6) is -0.473. The van der Waals surface area contributed by atoms with Gasteiger partial charge in [0, 0.05) is 11.6 Å². The maximum absolute atomic E-state index is 12.6. The standard InChI is InChI=1S/C19H14N2O2/c1-12-7-8-15-16(10-12)19(23)21(18(15)22)11-14-5-2-4-13-6-3-9-20-17(13)14/h2-10H,11H2,1H3. The molecule has 0 saturated carbocycles. The summed E-state index contributed by atoms with van der Waals surface area (Å²) < 4.78 is 0. The Morgan fingerprint density at radius 1 is 0.957 bits per heavy atom. The van der Waals surface area contributed by atoms with Gasteiger partial charge in [-0.3, -0.25) is 19.5 Å². The van der Waals surface area contributed by atoms with Crippen molar-refractivity contribution in [2.24, 2.45) is 0 Å². The molecule has 0 spiro atoms. The number of hydrogen-bond acceptors (Lipinski definition) is 3. The van der Waals surface area contributed by atoms with Gasteiger partial charge in [0.05, 0.1) is 23.2 Å². The van der Waals surface area contributed by atoms with Crippen LogP contribution in [0.3, 0.4) is 0 Å². The molecule has 4 rings (SSSR count). The van der Waals surface area contributed by atoms with E-state index in [4.69, 9.17) is 0 Å². The number of pyridine rings is 1. The molecule has 4 heteroatoms. The van der Waals surface area contributed by atoms with Crippen LogP contribution < -0.4 is 0 Å². The highest BCUT2D eigenvalue weighted by Crippen LogP contribution is 2.27. The van der Waals surface area contributed by atoms with Crippen LogP contribution in [0.1, 0.15) is 31.8 Å². The van der Waals surface area contributed by atoms with Crippen LogP contribution in [0.15, 0.2) is 54.7 Å². The maximum Gasteiger partial charge on any atom is 0.261 e. The number of amides is 2. The zero-order valence-electron chi connectivity index (χ0n) is 12.6. The number of imide groups is 1. The lowest BCUT2D eigenvalue weighted by Gasteiger charge is -2.15. The van der Waals surface area contributed by atoms with E-state index in [1.54, 1.807) is 18.3 Å². The summed E-state index contributed by atoms with van der Waals surface area (Å²) in [6.45, 7) is 2.15. The maximum atomic E-state index is 12.6. The summed E-state index contributed by atoms with van der Waals surface area (Å²) in [5.41, 5.74) is 3.63. The Balaban J connectivity index is 1.75. The third-order valence-corrected chi connectivity index (χ3v) is 4.17. The van der Waals surface area contributed by atoms with Gasteiger partial charge in [-0.2, -0.15) is 0 Å². The number of benzene rings is 2. The number of aryl methyl sites for hydroxylation is 1. The Labute approximate surface area is 133 Å². The summed E-state index contributed by atoms with van der Waals surface area (Å²) in [7, 11) is 0. The zero-order valence-corrected chi connectivity index (χ0v) is 12.6. The van der Waals surface area contributed by atoms with Gasteiger partial charge in [-0.15, -0.1) is 0 Å². The number of aromatic nitrogens is 1. The Hall–Kier alpha value is -3.01. The topological polar surface area (TPSA) is 50.3 Å². The summed E-state index contributed by atoms with van der Waals surface area (Å²) in [6.07, 6.45) is 1.72. The van der Waals surface area contributed by atoms with Gasteiger partial charge in [0.15, 0.2) is 0 Å². The van der Waals surface area contributed by atoms with Crippen LogP contribution in [0, 0.1) is 6.92 Å². The number of carbonyl (C=O) groups excluding carboxylic acids is 2. The van der Waals surface area contributed by atoms with E-state index in [-0.39, 0.29) is 18.4 Å². The molecule has 0 atom stereocenters. The van der Waals surface area contributed by atoms with Crippen LogP contribution >= 0.6 is 0 Å². The third-order valence-electron chi connectivity index (χ3n) is 4.17. The van der Waals surface area contributed by atoms with Crippen LogP contribution in [-0.2, 0) is 6.54 Å². The van der Waals surface area contributed by atoms with E-state index < -0.39 is 0 Å². The highest BCUT2D eigenvalue weighted by molar-refractivity contribution is 6.21. The average Bonchev–Trinajstić information content (AvgIpc) is 2.80. The van der Waals surface area contributed by atoms with Crippen LogP contribution in [0.2, 0.25) is 0 Å². The fourth-order valence-electron chi connectivity index (χ4n) is 3.01. The van der Waals surface area contributed by atoms with Crippen molar-refractivity contribution in [3.05, 3.63) is 77.0 Å². The predicted octanol–water partition coefficient (Wildman–Crippen LogP) is 3.34. The van der Waals surface area contributed by atoms with Crippen molar-refractivity contribution in [2.45, 2.75) is 13.5 Å². The molecule has 0 fully saturated rings. The molecule has 0 radical (unpaired) electrons. The second-order valence-electron chi connectivity index (χ2n) is 5.74. The van der Waals surface area contributed by atoms with Crippen molar-refractivity contribution in [3.63, 3.8) is 0 Å². The van der Waals surface area contributed by atoms with E-state index in [0.29, 0.717) is 11.1 Å². The molecular formula is C19H14N2O2. The molecule has 1 aliphatic heterocycles. The normalized spacial score (nSPS) is 13.7. The molecule has 2 amide bonds. The van der Waals surface area contributed by atoms with Crippen molar-refractivity contribution in [2.75, 3.05) is 0 Å². The lowest BCUT2D eigenvalue weighted by atomic mass is 10.1. The van der Waals surface area contributed by atoms with E-state index in [1.807, 2.05) is 43.3 Å². The van der Waals surface area contributed by atoms with E-state index in [2.05, 4.69) is 4.98 Å². The van der Waals surface area contributed by atoms with Crippen molar-refractivity contribution >= 4 is 22.7 Å². The average molecular weight is 302 g/mol. The minimum absolute atomic E-state index is 0.235. The van der Waals surface area contributed by atoms with Crippen molar-refractivity contribution in [1.29, 1.82) is 0 Å². The van der Waals surface area contributed by atoms with Crippen molar-refractivity contribution in [3.8, 4) is 0 Å². The van der Waals surface area contributed by atoms with E-state index in [9.17, 15) is 9.59 Å². The van der Waals surface area contributed by atoms with Crippen LogP contribution in [0.5, 0.6) is 0 Å². The molecule has 112 valence electrons. The molecular weight excluding hydrogens is 288 g/mol. The first-order chi connectivity index (χ1) is 11.1. The number of para-hydroxylation sites is 1. The number of nitrogens with zero attached hydrogens (tertiary/aromatic N) is 2. The number of carbonyl (C=O) groups is 2. The van der Waals surface area contributed by atoms with Crippen molar-refractivity contribution < 1.29 is 9.59 Å². The third kappa shape index (κ3) is 2.11. The number of rotatable bonds is 2. The van der Waals surface area contributed by atoms with Gasteiger partial charge in [-0.25, -0.2) is 0 Å². The highest BCUT2D eigenvalue weighted by Gasteiger charge is 2.35. The fraction of sp³-hybridized carbons (Fsp3) is 0.105. The molecule has 0 N–H and O–H groups in total. The molecule has 4 nitrogen and oxygen atoms in total. The van der Waals surface area contributed by atoms with E-state index in [0.717, 1.165) is 22.0 Å². The Morgan fingerprint density at radius 2 is 1.74 bits per heavy atom. The molecule has 1 aliphatic rings. The van der Waals surface area contributed by atoms with Crippen molar-refractivity contribution in [1.82, 2.24) is 9.88 Å². The SMILES string of the molecule is Cc1ccc2c(c1)C(=O)N(Cc1cccc3cccnc13)C2=O. The second-order valence-corrected chi connectivity index (χ2v) is 5.74. The number of fused-ring (bicyclic) bond motifs is 2. The van der Waals surface area contributed by atoms with Gasteiger partial charge in [0.1, 0.15) is 0 Å². The molecule has 2 aromatic carbocycles. The second kappa shape index (κ2) is 5.02. The molecule has 1 aromatic heterocycles. The minimum Gasteiger partial charge on any atom is -0.270 e. The van der Waals surface area contributed by atoms with Crippen LogP contribution in [-0.4, -0.2) is 21.7 Å². The fourth-order valence-corrected chi connectivity index (χ4v) is 3.01. The smallest absolute Gasteiger partial charge is 0.261 e. The summed E-state index contributed by atoms with van der Waals surface area (Å²) in [5, 5.41) is 0.998. The van der Waals surface area contributed by atoms with Gasteiger partial charge < -0.3 is 0 Å². The van der Waals surface area contributed by atoms with Crippen LogP contribution in [0.25, 0.3) is 10.9 Å². The predicted molar refractivity (Wildman–Crippen MR) is 87.1 cm³/mol. The van der Waals surface area contributed by atoms with Crippen LogP contribution in [0.4, 0.5) is 0 Å². The Kier molecular flexibility index (Phi) is 2.98. The molecule has 0 saturated heterocycles. The summed E-state index contributed by atoms with van der Waals surface area (Å²) >= 11 is 0. The molecule has 0 aliphatic carbocycles. The highest BCUT2D eigenvalue weighted by atomic mass is 16.2. The Bertz CT molecular complexity index is 957. The first-order valence-corrected chi connectivity index (χ1v) is 7.44. The monoisotopic (exact) mass is 302 g/mol. The van der Waals surface area contributed by atoms with E-state index in [1.165, 1.54) is 4.90 Å². The summed E-state index contributed by atoms with van der Waals surface area (Å²) in [6, 6.07) is 15.0. The van der Waals surface area contributed by atoms with Gasteiger partial charge >= 0.3 is 0 Å². The first kappa shape index (κ1) is 13.6. The van der Waals surface area contributed by atoms with Gasteiger partial charge in [0.2, 0.25) is 0 Å². The van der Waals surface area contributed by atoms with Gasteiger partial charge in [-0.1, -0.05) is 35.9 Å². The summed E-state index contributed by atoms with van der Waals surface area (Å²) in [4.78, 5) is 30.8. The largest absolute Gasteiger partial charge is 0.270 e. The first-order valence-electron chi connectivity index (χ1n) is 7.44. The molecule has 23 heavy (non-hydrogen) atoms. The number of hydrogen-bond donors (Lipinski definition) is 0. The minimum atomic E-state index is -0.238. The lowest BCUT2D eigenvalue weighted by Crippen LogP contribution is -2.29. The quantitative estimate of drug-likeness (QED) is 0.682. The zero-order chi connectivity index (χ0) is 16.0. The van der Waals surface area contributed by atoms with Gasteiger partial charge in [0.25, 0.3) is 11.8 Å². The molecule has 0 unspecified atom stereocenters. The molecule has 2 heterocycles. The molecule has 3 aromatic rings. The van der Waals surface area contributed by atoms with Gasteiger partial charge in [-0.05, 0) is 30.7 Å². The molecule has 0 bridgehead atoms. The Morgan fingerprint density at radius 3 is 2.61 bits per heavy atom. The lowest BCUT2D eigenvalue weighted by molar-refractivity contribution is 0.0643.